The first-order valence-electron chi connectivity index (χ1n) is 7.20. The Morgan fingerprint density at radius 3 is 2.70 bits per heavy atom. The topological polar surface area (TPSA) is 72.9 Å². The van der Waals surface area contributed by atoms with Crippen molar-refractivity contribution in [3.63, 3.8) is 0 Å². The normalized spacial score (nSPS) is 15.1. The quantitative estimate of drug-likeness (QED) is 0.859. The van der Waals surface area contributed by atoms with E-state index in [-0.39, 0.29) is 0 Å². The Bertz CT molecular complexity index is 534. The highest BCUT2D eigenvalue weighted by molar-refractivity contribution is 5.41. The van der Waals surface area contributed by atoms with E-state index in [2.05, 4.69) is 20.4 Å². The molecule has 0 atom stereocenters. The van der Waals surface area contributed by atoms with Crippen molar-refractivity contribution in [1.82, 2.24) is 20.2 Å². The Morgan fingerprint density at radius 1 is 1.25 bits per heavy atom. The zero-order valence-corrected chi connectivity index (χ0v) is 11.5. The van der Waals surface area contributed by atoms with E-state index in [9.17, 15) is 0 Å². The summed E-state index contributed by atoms with van der Waals surface area (Å²) in [5.41, 5.74) is 6.64. The lowest BCUT2D eigenvalue weighted by Gasteiger charge is -2.37. The van der Waals surface area contributed by atoms with Gasteiger partial charge in [-0.1, -0.05) is 23.3 Å². The smallest absolute Gasteiger partial charge is 0.250 e. The third-order valence-electron chi connectivity index (χ3n) is 3.83. The van der Waals surface area contributed by atoms with Crippen LogP contribution in [0.5, 0.6) is 0 Å². The van der Waals surface area contributed by atoms with E-state index < -0.39 is 0 Å². The van der Waals surface area contributed by atoms with Gasteiger partial charge in [0.1, 0.15) is 0 Å². The first-order chi connectivity index (χ1) is 9.90. The van der Waals surface area contributed by atoms with Gasteiger partial charge in [-0.25, -0.2) is 0 Å². The molecule has 1 heterocycles. The molecule has 0 unspecified atom stereocenters. The lowest BCUT2D eigenvalue weighted by atomic mass is 9.91. The molecule has 1 saturated carbocycles. The summed E-state index contributed by atoms with van der Waals surface area (Å²) < 4.78 is 1.81. The molecule has 0 bridgehead atoms. The molecule has 3 rings (SSSR count). The average Bonchev–Trinajstić information content (AvgIpc) is 2.91. The van der Waals surface area contributed by atoms with Crippen LogP contribution in [0.15, 0.2) is 30.3 Å². The number of anilines is 1. The van der Waals surface area contributed by atoms with Gasteiger partial charge in [0.2, 0.25) is 0 Å². The highest BCUT2D eigenvalue weighted by Gasteiger charge is 2.28. The van der Waals surface area contributed by atoms with Crippen molar-refractivity contribution in [2.45, 2.75) is 31.7 Å². The molecule has 0 radical (unpaired) electrons. The Balaban J connectivity index is 1.89. The van der Waals surface area contributed by atoms with E-state index in [1.54, 1.807) is 0 Å². The fraction of sp³-hybridized carbons (Fsp3) is 0.500. The summed E-state index contributed by atoms with van der Waals surface area (Å²) in [7, 11) is 0. The van der Waals surface area contributed by atoms with E-state index in [1.807, 2.05) is 35.0 Å². The van der Waals surface area contributed by atoms with Crippen molar-refractivity contribution in [1.29, 1.82) is 0 Å². The van der Waals surface area contributed by atoms with Gasteiger partial charge >= 0.3 is 0 Å². The molecule has 1 aliphatic carbocycles. The fourth-order valence-corrected chi connectivity index (χ4v) is 2.50. The standard InChI is InChI=1S/C14H20N6/c15-10-5-11-19(12-8-4-9-12)14-16-17-18-20(14)13-6-2-1-3-7-13/h1-3,6-7,12H,4-5,8-11,15H2. The van der Waals surface area contributed by atoms with Crippen molar-refractivity contribution in [3.8, 4) is 5.69 Å². The molecule has 20 heavy (non-hydrogen) atoms. The lowest BCUT2D eigenvalue weighted by molar-refractivity contribution is 0.378. The molecular formula is C14H20N6. The molecule has 1 fully saturated rings. The number of hydrogen-bond acceptors (Lipinski definition) is 5. The summed E-state index contributed by atoms with van der Waals surface area (Å²) in [5, 5.41) is 12.2. The predicted molar refractivity (Wildman–Crippen MR) is 77.8 cm³/mol. The lowest BCUT2D eigenvalue weighted by Crippen LogP contribution is -2.43. The molecule has 0 saturated heterocycles. The third kappa shape index (κ3) is 2.51. The summed E-state index contributed by atoms with van der Waals surface area (Å²) in [6, 6.07) is 10.6. The number of nitrogens with zero attached hydrogens (tertiary/aromatic N) is 5. The van der Waals surface area contributed by atoms with Crippen molar-refractivity contribution in [3.05, 3.63) is 30.3 Å². The van der Waals surface area contributed by atoms with Crippen LogP contribution in [-0.4, -0.2) is 39.3 Å². The molecular weight excluding hydrogens is 252 g/mol. The summed E-state index contributed by atoms with van der Waals surface area (Å²) in [5.74, 6) is 0.828. The van der Waals surface area contributed by atoms with Crippen LogP contribution in [0.1, 0.15) is 25.7 Å². The molecule has 1 aromatic heterocycles. The maximum absolute atomic E-state index is 5.65. The van der Waals surface area contributed by atoms with Crippen molar-refractivity contribution in [2.75, 3.05) is 18.0 Å². The van der Waals surface area contributed by atoms with Gasteiger partial charge in [0.05, 0.1) is 5.69 Å². The summed E-state index contributed by atoms with van der Waals surface area (Å²) in [4.78, 5) is 2.31. The van der Waals surface area contributed by atoms with Gasteiger partial charge in [0.25, 0.3) is 5.95 Å². The van der Waals surface area contributed by atoms with Crippen LogP contribution in [0, 0.1) is 0 Å². The molecule has 6 nitrogen and oxygen atoms in total. The minimum Gasteiger partial charge on any atom is -0.336 e. The molecule has 2 aromatic rings. The minimum atomic E-state index is 0.551. The molecule has 106 valence electrons. The molecule has 2 N–H and O–H groups in total. The second-order valence-corrected chi connectivity index (χ2v) is 5.15. The third-order valence-corrected chi connectivity index (χ3v) is 3.83. The number of benzene rings is 1. The van der Waals surface area contributed by atoms with Crippen LogP contribution in [0.2, 0.25) is 0 Å². The summed E-state index contributed by atoms with van der Waals surface area (Å²) in [6.07, 6.45) is 4.67. The van der Waals surface area contributed by atoms with Crippen LogP contribution in [0.3, 0.4) is 0 Å². The molecule has 1 aliphatic rings. The SMILES string of the molecule is NCCCN(c1nnnn1-c1ccccc1)C1CCC1. The van der Waals surface area contributed by atoms with Crippen LogP contribution in [0.4, 0.5) is 5.95 Å². The van der Waals surface area contributed by atoms with E-state index in [0.717, 1.165) is 24.6 Å². The Labute approximate surface area is 118 Å². The number of para-hydroxylation sites is 1. The number of hydrogen-bond donors (Lipinski definition) is 1. The highest BCUT2D eigenvalue weighted by Crippen LogP contribution is 2.29. The zero-order chi connectivity index (χ0) is 13.8. The number of nitrogens with two attached hydrogens (primary N) is 1. The highest BCUT2D eigenvalue weighted by atomic mass is 15.6. The summed E-state index contributed by atoms with van der Waals surface area (Å²) in [6.45, 7) is 1.60. The van der Waals surface area contributed by atoms with Crippen molar-refractivity contribution < 1.29 is 0 Å². The van der Waals surface area contributed by atoms with Gasteiger partial charge in [0, 0.05) is 12.6 Å². The number of rotatable bonds is 6. The average molecular weight is 272 g/mol. The largest absolute Gasteiger partial charge is 0.336 e. The van der Waals surface area contributed by atoms with Gasteiger partial charge in [-0.05, 0) is 54.8 Å². The van der Waals surface area contributed by atoms with Crippen molar-refractivity contribution >= 4 is 5.95 Å². The number of aromatic nitrogens is 4. The van der Waals surface area contributed by atoms with Gasteiger partial charge in [-0.3, -0.25) is 0 Å². The first-order valence-corrected chi connectivity index (χ1v) is 7.20. The Kier molecular flexibility index (Phi) is 3.92. The first kappa shape index (κ1) is 13.1. The molecule has 6 heteroatoms. The van der Waals surface area contributed by atoms with E-state index in [4.69, 9.17) is 5.73 Å². The van der Waals surface area contributed by atoms with E-state index in [0.29, 0.717) is 12.6 Å². The second-order valence-electron chi connectivity index (χ2n) is 5.15. The fourth-order valence-electron chi connectivity index (χ4n) is 2.50. The van der Waals surface area contributed by atoms with Gasteiger partial charge in [0.15, 0.2) is 0 Å². The van der Waals surface area contributed by atoms with Gasteiger partial charge in [-0.2, -0.15) is 4.68 Å². The molecule has 1 aromatic carbocycles. The summed E-state index contributed by atoms with van der Waals surface area (Å²) >= 11 is 0. The van der Waals surface area contributed by atoms with Gasteiger partial charge in [-0.15, -0.1) is 0 Å². The van der Waals surface area contributed by atoms with Crippen LogP contribution >= 0.6 is 0 Å². The maximum atomic E-state index is 5.65. The molecule has 0 amide bonds. The van der Waals surface area contributed by atoms with E-state index in [1.165, 1.54) is 19.3 Å². The molecule has 0 aliphatic heterocycles. The Morgan fingerprint density at radius 2 is 2.05 bits per heavy atom. The maximum Gasteiger partial charge on any atom is 0.250 e. The second kappa shape index (κ2) is 6.00. The van der Waals surface area contributed by atoms with Crippen LogP contribution in [0.25, 0.3) is 5.69 Å². The van der Waals surface area contributed by atoms with Crippen LogP contribution in [-0.2, 0) is 0 Å². The molecule has 0 spiro atoms. The van der Waals surface area contributed by atoms with Crippen LogP contribution < -0.4 is 10.6 Å². The minimum absolute atomic E-state index is 0.551. The van der Waals surface area contributed by atoms with Crippen molar-refractivity contribution in [2.24, 2.45) is 5.73 Å². The Hall–Kier alpha value is -1.95. The zero-order valence-electron chi connectivity index (χ0n) is 11.5. The van der Waals surface area contributed by atoms with E-state index >= 15 is 0 Å². The monoisotopic (exact) mass is 272 g/mol. The number of tetrazole rings is 1. The van der Waals surface area contributed by atoms with Gasteiger partial charge < -0.3 is 10.6 Å². The predicted octanol–water partition coefficient (Wildman–Crippen LogP) is 1.37.